The molecule has 19 heavy (non-hydrogen) atoms. The van der Waals surface area contributed by atoms with Crippen molar-refractivity contribution in [3.8, 4) is 0 Å². The lowest BCUT2D eigenvalue weighted by atomic mass is 10.1. The molecule has 1 rings (SSSR count). The minimum absolute atomic E-state index is 0.228. The molecular weight excluding hydrogens is 238 g/mol. The van der Waals surface area contributed by atoms with Crippen LogP contribution in [0.25, 0.3) is 0 Å². The van der Waals surface area contributed by atoms with Gasteiger partial charge in [-0.2, -0.15) is 0 Å². The van der Waals surface area contributed by atoms with Gasteiger partial charge in [0.05, 0.1) is 0 Å². The van der Waals surface area contributed by atoms with Gasteiger partial charge in [0.1, 0.15) is 6.33 Å². The molecule has 0 N–H and O–H groups in total. The van der Waals surface area contributed by atoms with Gasteiger partial charge in [0.15, 0.2) is 0 Å². The second-order valence-corrected chi connectivity index (χ2v) is 5.83. The number of nitrogens with zero attached hydrogens (tertiary/aromatic N) is 3. The highest BCUT2D eigenvalue weighted by molar-refractivity contribution is 5.76. The van der Waals surface area contributed by atoms with E-state index < -0.39 is 0 Å². The molecule has 0 unspecified atom stereocenters. The molecule has 0 aliphatic carbocycles. The minimum Gasteiger partial charge on any atom is -0.342 e. The zero-order valence-corrected chi connectivity index (χ0v) is 12.5. The van der Waals surface area contributed by atoms with Gasteiger partial charge in [0.2, 0.25) is 5.91 Å². The van der Waals surface area contributed by atoms with E-state index in [2.05, 4.69) is 37.7 Å². The molecule has 1 aromatic rings. The van der Waals surface area contributed by atoms with E-state index in [0.29, 0.717) is 24.7 Å². The van der Waals surface area contributed by atoms with Crippen LogP contribution in [0.1, 0.15) is 39.7 Å². The molecule has 0 atom stereocenters. The molecule has 0 fully saturated rings. The van der Waals surface area contributed by atoms with Gasteiger partial charge in [-0.05, 0) is 23.8 Å². The van der Waals surface area contributed by atoms with Gasteiger partial charge >= 0.3 is 0 Å². The molecule has 0 aromatic carbocycles. The fourth-order valence-electron chi connectivity index (χ4n) is 2.03. The SMILES string of the molecule is CC(C)CN(CC(C)C)C(=O)CCc1cncnc1. The Kier molecular flexibility index (Phi) is 6.46. The summed E-state index contributed by atoms with van der Waals surface area (Å²) in [5.41, 5.74) is 1.02. The number of carbonyl (C=O) groups is 1. The zero-order chi connectivity index (χ0) is 14.3. The number of aromatic nitrogens is 2. The quantitative estimate of drug-likeness (QED) is 0.759. The molecule has 0 bridgehead atoms. The molecule has 4 heteroatoms. The number of hydrogen-bond acceptors (Lipinski definition) is 3. The van der Waals surface area contributed by atoms with E-state index in [4.69, 9.17) is 0 Å². The average molecular weight is 263 g/mol. The highest BCUT2D eigenvalue weighted by Gasteiger charge is 2.16. The van der Waals surface area contributed by atoms with Crippen molar-refractivity contribution in [2.45, 2.75) is 40.5 Å². The summed E-state index contributed by atoms with van der Waals surface area (Å²) >= 11 is 0. The van der Waals surface area contributed by atoms with E-state index in [1.54, 1.807) is 12.4 Å². The molecule has 0 saturated carbocycles. The van der Waals surface area contributed by atoms with Crippen molar-refractivity contribution in [3.63, 3.8) is 0 Å². The van der Waals surface area contributed by atoms with Crippen LogP contribution in [-0.4, -0.2) is 33.9 Å². The van der Waals surface area contributed by atoms with Crippen LogP contribution in [0, 0.1) is 11.8 Å². The summed E-state index contributed by atoms with van der Waals surface area (Å²) in [6.45, 7) is 10.2. The van der Waals surface area contributed by atoms with Crippen LogP contribution in [0.4, 0.5) is 0 Å². The predicted molar refractivity (Wildman–Crippen MR) is 76.6 cm³/mol. The van der Waals surface area contributed by atoms with Crippen molar-refractivity contribution in [2.75, 3.05) is 13.1 Å². The summed E-state index contributed by atoms with van der Waals surface area (Å²) in [6, 6.07) is 0. The molecule has 0 aliphatic heterocycles. The Hall–Kier alpha value is -1.45. The largest absolute Gasteiger partial charge is 0.342 e. The van der Waals surface area contributed by atoms with Gasteiger partial charge in [-0.3, -0.25) is 4.79 Å². The van der Waals surface area contributed by atoms with Crippen molar-refractivity contribution < 1.29 is 4.79 Å². The maximum absolute atomic E-state index is 12.3. The third-order valence-corrected chi connectivity index (χ3v) is 2.77. The Morgan fingerprint density at radius 1 is 1.11 bits per heavy atom. The van der Waals surface area contributed by atoms with Crippen LogP contribution in [0.5, 0.6) is 0 Å². The average Bonchev–Trinajstić information content (AvgIpc) is 2.35. The summed E-state index contributed by atoms with van der Waals surface area (Å²) in [4.78, 5) is 22.2. The van der Waals surface area contributed by atoms with Crippen molar-refractivity contribution in [1.82, 2.24) is 14.9 Å². The summed E-state index contributed by atoms with van der Waals surface area (Å²) in [6.07, 6.45) is 6.30. The Bertz CT molecular complexity index is 366. The standard InChI is InChI=1S/C15H25N3O/c1-12(2)9-18(10-13(3)4)15(19)6-5-14-7-16-11-17-8-14/h7-8,11-13H,5-6,9-10H2,1-4H3. The third-order valence-electron chi connectivity index (χ3n) is 2.77. The number of hydrogen-bond donors (Lipinski definition) is 0. The van der Waals surface area contributed by atoms with Crippen LogP contribution in [0.2, 0.25) is 0 Å². The van der Waals surface area contributed by atoms with E-state index in [9.17, 15) is 4.79 Å². The van der Waals surface area contributed by atoms with E-state index >= 15 is 0 Å². The van der Waals surface area contributed by atoms with Gasteiger partial charge in [-0.25, -0.2) is 9.97 Å². The van der Waals surface area contributed by atoms with Gasteiger partial charge in [0, 0.05) is 31.9 Å². The van der Waals surface area contributed by atoms with Crippen molar-refractivity contribution in [1.29, 1.82) is 0 Å². The van der Waals surface area contributed by atoms with Crippen LogP contribution >= 0.6 is 0 Å². The van der Waals surface area contributed by atoms with E-state index in [1.165, 1.54) is 6.33 Å². The van der Waals surface area contributed by atoms with Crippen LogP contribution < -0.4 is 0 Å². The first-order valence-corrected chi connectivity index (χ1v) is 7.00. The van der Waals surface area contributed by atoms with E-state index in [0.717, 1.165) is 18.7 Å². The first kappa shape index (κ1) is 15.6. The lowest BCUT2D eigenvalue weighted by Crippen LogP contribution is -2.37. The Labute approximate surface area is 116 Å². The maximum atomic E-state index is 12.3. The van der Waals surface area contributed by atoms with Crippen LogP contribution in [-0.2, 0) is 11.2 Å². The Morgan fingerprint density at radius 3 is 2.11 bits per heavy atom. The molecule has 106 valence electrons. The second kappa shape index (κ2) is 7.87. The summed E-state index contributed by atoms with van der Waals surface area (Å²) < 4.78 is 0. The maximum Gasteiger partial charge on any atom is 0.222 e. The smallest absolute Gasteiger partial charge is 0.222 e. The molecule has 0 radical (unpaired) electrons. The van der Waals surface area contributed by atoms with Crippen molar-refractivity contribution in [2.24, 2.45) is 11.8 Å². The lowest BCUT2D eigenvalue weighted by molar-refractivity contribution is -0.132. The van der Waals surface area contributed by atoms with Gasteiger partial charge in [0.25, 0.3) is 0 Å². The Morgan fingerprint density at radius 2 is 1.63 bits per heavy atom. The highest BCUT2D eigenvalue weighted by atomic mass is 16.2. The fourth-order valence-corrected chi connectivity index (χ4v) is 2.03. The van der Waals surface area contributed by atoms with Crippen LogP contribution in [0.3, 0.4) is 0 Å². The molecule has 0 spiro atoms. The molecular formula is C15H25N3O. The van der Waals surface area contributed by atoms with Crippen LogP contribution in [0.15, 0.2) is 18.7 Å². The van der Waals surface area contributed by atoms with Gasteiger partial charge in [-0.15, -0.1) is 0 Å². The normalized spacial score (nSPS) is 11.1. The molecule has 4 nitrogen and oxygen atoms in total. The van der Waals surface area contributed by atoms with Crippen molar-refractivity contribution >= 4 is 5.91 Å². The highest BCUT2D eigenvalue weighted by Crippen LogP contribution is 2.08. The number of amides is 1. The summed E-state index contributed by atoms with van der Waals surface area (Å²) in [7, 11) is 0. The molecule has 1 amide bonds. The first-order valence-electron chi connectivity index (χ1n) is 7.00. The third kappa shape index (κ3) is 6.32. The lowest BCUT2D eigenvalue weighted by Gasteiger charge is -2.26. The summed E-state index contributed by atoms with van der Waals surface area (Å²) in [5, 5.41) is 0. The monoisotopic (exact) mass is 263 g/mol. The van der Waals surface area contributed by atoms with E-state index in [-0.39, 0.29) is 5.91 Å². The van der Waals surface area contributed by atoms with Gasteiger partial charge in [-0.1, -0.05) is 27.7 Å². The minimum atomic E-state index is 0.228. The second-order valence-electron chi connectivity index (χ2n) is 5.83. The number of rotatable bonds is 7. The van der Waals surface area contributed by atoms with Crippen molar-refractivity contribution in [3.05, 3.63) is 24.3 Å². The fraction of sp³-hybridized carbons (Fsp3) is 0.667. The molecule has 1 aromatic heterocycles. The first-order chi connectivity index (χ1) is 8.99. The summed E-state index contributed by atoms with van der Waals surface area (Å²) in [5.74, 6) is 1.23. The number of aryl methyl sites for hydroxylation is 1. The molecule has 0 aliphatic rings. The predicted octanol–water partition coefficient (Wildman–Crippen LogP) is 2.55. The topological polar surface area (TPSA) is 46.1 Å². The number of carbonyl (C=O) groups excluding carboxylic acids is 1. The van der Waals surface area contributed by atoms with E-state index in [1.807, 2.05) is 4.90 Å². The Balaban J connectivity index is 2.51. The van der Waals surface area contributed by atoms with Gasteiger partial charge < -0.3 is 4.90 Å². The molecule has 1 heterocycles. The molecule has 0 saturated heterocycles. The zero-order valence-electron chi connectivity index (χ0n) is 12.5.